The summed E-state index contributed by atoms with van der Waals surface area (Å²) in [6.45, 7) is 2.07. The number of para-hydroxylation sites is 2. The molecule has 128 valence electrons. The van der Waals surface area contributed by atoms with Crippen molar-refractivity contribution < 1.29 is 0 Å². The molecule has 1 heterocycles. The molecule has 0 saturated carbocycles. The molecule has 0 aromatic heterocycles. The molecule has 0 spiro atoms. The summed E-state index contributed by atoms with van der Waals surface area (Å²) in [5.41, 5.74) is 5.49. The van der Waals surface area contributed by atoms with Crippen LogP contribution in [0.25, 0.3) is 0 Å². The van der Waals surface area contributed by atoms with Crippen molar-refractivity contribution >= 4 is 34.1 Å². The molecule has 0 atom stereocenters. The average molecular weight is 357 g/mol. The SMILES string of the molecule is Cc1ccccc1N=C1/N=C(/c2ccccc2)Nc2ccccc2CS1. The van der Waals surface area contributed by atoms with E-state index in [0.717, 1.165) is 39.3 Å². The van der Waals surface area contributed by atoms with Crippen LogP contribution in [0.15, 0.2) is 88.8 Å². The number of nitrogens with one attached hydrogen (secondary N) is 1. The highest BCUT2D eigenvalue weighted by Gasteiger charge is 2.14. The fourth-order valence-corrected chi connectivity index (χ4v) is 3.63. The summed E-state index contributed by atoms with van der Waals surface area (Å²) in [5, 5.41) is 4.27. The molecule has 0 unspecified atom stereocenters. The number of fused-ring (bicyclic) bond motifs is 1. The van der Waals surface area contributed by atoms with Crippen molar-refractivity contribution in [3.63, 3.8) is 0 Å². The van der Waals surface area contributed by atoms with Crippen LogP contribution in [0.2, 0.25) is 0 Å². The Balaban J connectivity index is 1.80. The Morgan fingerprint density at radius 2 is 1.62 bits per heavy atom. The molecule has 0 bridgehead atoms. The monoisotopic (exact) mass is 357 g/mol. The maximum absolute atomic E-state index is 4.86. The first-order chi connectivity index (χ1) is 12.8. The molecule has 4 heteroatoms. The Kier molecular flexibility index (Phi) is 4.84. The zero-order chi connectivity index (χ0) is 17.8. The first-order valence-corrected chi connectivity index (χ1v) is 9.54. The minimum absolute atomic E-state index is 0.764. The fourth-order valence-electron chi connectivity index (χ4n) is 2.78. The Bertz CT molecular complexity index is 977. The third-order valence-corrected chi connectivity index (χ3v) is 5.11. The number of thioether (sulfide) groups is 1. The molecule has 4 rings (SSSR count). The van der Waals surface area contributed by atoms with E-state index in [1.165, 1.54) is 5.56 Å². The first kappa shape index (κ1) is 16.6. The van der Waals surface area contributed by atoms with Crippen molar-refractivity contribution in [2.45, 2.75) is 12.7 Å². The lowest BCUT2D eigenvalue weighted by Crippen LogP contribution is -2.18. The van der Waals surface area contributed by atoms with E-state index in [4.69, 9.17) is 9.98 Å². The van der Waals surface area contributed by atoms with Crippen molar-refractivity contribution in [2.24, 2.45) is 9.98 Å². The molecule has 0 radical (unpaired) electrons. The quantitative estimate of drug-likeness (QED) is 0.630. The Hall–Kier alpha value is -2.85. The van der Waals surface area contributed by atoms with Crippen molar-refractivity contribution in [2.75, 3.05) is 5.32 Å². The summed E-state index contributed by atoms with van der Waals surface area (Å²) in [4.78, 5) is 9.68. The molecule has 0 amide bonds. The van der Waals surface area contributed by atoms with Crippen molar-refractivity contribution in [1.82, 2.24) is 0 Å². The van der Waals surface area contributed by atoms with E-state index in [2.05, 4.69) is 48.6 Å². The molecule has 1 N–H and O–H groups in total. The Labute approximate surface area is 157 Å². The van der Waals surface area contributed by atoms with Crippen LogP contribution < -0.4 is 5.32 Å². The van der Waals surface area contributed by atoms with Gasteiger partial charge in [0.25, 0.3) is 0 Å². The molecule has 3 nitrogen and oxygen atoms in total. The average Bonchev–Trinajstić information content (AvgIpc) is 2.67. The zero-order valence-electron chi connectivity index (χ0n) is 14.5. The lowest BCUT2D eigenvalue weighted by Gasteiger charge is -2.17. The zero-order valence-corrected chi connectivity index (χ0v) is 15.3. The van der Waals surface area contributed by atoms with E-state index in [1.807, 2.05) is 42.5 Å². The highest BCUT2D eigenvalue weighted by molar-refractivity contribution is 8.13. The molecule has 3 aromatic carbocycles. The van der Waals surface area contributed by atoms with Crippen LogP contribution >= 0.6 is 11.8 Å². The summed E-state index contributed by atoms with van der Waals surface area (Å²) >= 11 is 1.66. The normalized spacial score (nSPS) is 17.4. The maximum Gasteiger partial charge on any atom is 0.190 e. The van der Waals surface area contributed by atoms with Gasteiger partial charge in [0.15, 0.2) is 5.17 Å². The molecule has 0 fully saturated rings. The maximum atomic E-state index is 4.86. The molecule has 3 aromatic rings. The second-order valence-corrected chi connectivity index (χ2v) is 7.02. The summed E-state index contributed by atoms with van der Waals surface area (Å²) < 4.78 is 0. The summed E-state index contributed by atoms with van der Waals surface area (Å²) in [6.07, 6.45) is 0. The Morgan fingerprint density at radius 3 is 2.46 bits per heavy atom. The van der Waals surface area contributed by atoms with Gasteiger partial charge in [-0.2, -0.15) is 0 Å². The number of aryl methyl sites for hydroxylation is 1. The van der Waals surface area contributed by atoms with Gasteiger partial charge in [-0.1, -0.05) is 78.5 Å². The van der Waals surface area contributed by atoms with E-state index in [1.54, 1.807) is 11.8 Å². The lowest BCUT2D eigenvalue weighted by atomic mass is 10.1. The van der Waals surface area contributed by atoms with E-state index in [0.29, 0.717) is 0 Å². The van der Waals surface area contributed by atoms with Gasteiger partial charge in [0.2, 0.25) is 0 Å². The predicted molar refractivity (Wildman–Crippen MR) is 113 cm³/mol. The third kappa shape index (κ3) is 3.70. The molecule has 1 aliphatic heterocycles. The van der Waals surface area contributed by atoms with Crippen LogP contribution in [0.3, 0.4) is 0 Å². The van der Waals surface area contributed by atoms with Crippen molar-refractivity contribution in [3.05, 3.63) is 95.6 Å². The summed E-state index contributed by atoms with van der Waals surface area (Å²) in [5.74, 6) is 1.65. The van der Waals surface area contributed by atoms with E-state index < -0.39 is 0 Å². The minimum atomic E-state index is 0.764. The largest absolute Gasteiger partial charge is 0.339 e. The standard InChI is InChI=1S/C22H19N3S/c1-16-9-5-7-13-19(16)24-22-25-21(17-10-3-2-4-11-17)23-20-14-8-6-12-18(20)15-26-22/h2-14H,15H2,1H3,(H,23,24,25). The molecular formula is C22H19N3S. The van der Waals surface area contributed by atoms with Crippen molar-refractivity contribution in [3.8, 4) is 0 Å². The van der Waals surface area contributed by atoms with Gasteiger partial charge in [0, 0.05) is 17.0 Å². The van der Waals surface area contributed by atoms with E-state index in [-0.39, 0.29) is 0 Å². The van der Waals surface area contributed by atoms with Gasteiger partial charge in [0.05, 0.1) is 5.69 Å². The number of hydrogen-bond acceptors (Lipinski definition) is 3. The van der Waals surface area contributed by atoms with Gasteiger partial charge < -0.3 is 5.32 Å². The van der Waals surface area contributed by atoms with Gasteiger partial charge in [-0.15, -0.1) is 0 Å². The molecule has 0 aliphatic carbocycles. The molecule has 26 heavy (non-hydrogen) atoms. The molecular weight excluding hydrogens is 338 g/mol. The van der Waals surface area contributed by atoms with Crippen LogP contribution in [0.4, 0.5) is 11.4 Å². The smallest absolute Gasteiger partial charge is 0.190 e. The van der Waals surface area contributed by atoms with Gasteiger partial charge in [-0.05, 0) is 30.2 Å². The predicted octanol–water partition coefficient (Wildman–Crippen LogP) is 5.79. The second-order valence-electron chi connectivity index (χ2n) is 6.08. The van der Waals surface area contributed by atoms with E-state index in [9.17, 15) is 0 Å². The topological polar surface area (TPSA) is 36.8 Å². The highest BCUT2D eigenvalue weighted by atomic mass is 32.2. The number of nitrogens with zero attached hydrogens (tertiary/aromatic N) is 2. The second kappa shape index (κ2) is 7.58. The van der Waals surface area contributed by atoms with Gasteiger partial charge in [0.1, 0.15) is 5.84 Å². The van der Waals surface area contributed by atoms with Crippen LogP contribution in [-0.2, 0) is 5.75 Å². The van der Waals surface area contributed by atoms with Crippen molar-refractivity contribution in [1.29, 1.82) is 0 Å². The van der Waals surface area contributed by atoms with Crippen LogP contribution in [0, 0.1) is 6.92 Å². The van der Waals surface area contributed by atoms with Crippen LogP contribution in [0.1, 0.15) is 16.7 Å². The minimum Gasteiger partial charge on any atom is -0.339 e. The van der Waals surface area contributed by atoms with Gasteiger partial charge >= 0.3 is 0 Å². The third-order valence-electron chi connectivity index (χ3n) is 4.21. The summed E-state index contributed by atoms with van der Waals surface area (Å²) in [6, 6.07) is 26.7. The number of amidine groups is 2. The summed E-state index contributed by atoms with van der Waals surface area (Å²) in [7, 11) is 0. The number of aliphatic imine (C=N–C) groups is 2. The van der Waals surface area contributed by atoms with E-state index >= 15 is 0 Å². The Morgan fingerprint density at radius 1 is 0.885 bits per heavy atom. The van der Waals surface area contributed by atoms with Gasteiger partial charge in [-0.25, -0.2) is 9.98 Å². The molecule has 1 aliphatic rings. The first-order valence-electron chi connectivity index (χ1n) is 8.56. The van der Waals surface area contributed by atoms with Crippen LogP contribution in [-0.4, -0.2) is 11.0 Å². The lowest BCUT2D eigenvalue weighted by molar-refractivity contribution is 1.37. The van der Waals surface area contributed by atoms with Crippen LogP contribution in [0.5, 0.6) is 0 Å². The number of hydrogen-bond donors (Lipinski definition) is 1. The van der Waals surface area contributed by atoms with Gasteiger partial charge in [-0.3, -0.25) is 0 Å². The number of anilines is 1. The number of benzene rings is 3. The molecule has 0 saturated heterocycles. The number of rotatable bonds is 2. The fraction of sp³-hybridized carbons (Fsp3) is 0.0909. The highest BCUT2D eigenvalue weighted by Crippen LogP contribution is 2.28.